The van der Waals surface area contributed by atoms with Crippen LogP contribution >= 0.6 is 12.4 Å². The Hall–Kier alpha value is -0.560. The van der Waals surface area contributed by atoms with E-state index in [-0.39, 0.29) is 18.4 Å². The van der Waals surface area contributed by atoms with Crippen LogP contribution < -0.4 is 10.9 Å². The van der Waals surface area contributed by atoms with Crippen LogP contribution in [0.2, 0.25) is 0 Å². The zero-order chi connectivity index (χ0) is 6.53. The van der Waals surface area contributed by atoms with Gasteiger partial charge in [0.05, 0.1) is 6.07 Å². The lowest BCUT2D eigenvalue weighted by molar-refractivity contribution is 0.525. The summed E-state index contributed by atoms with van der Waals surface area (Å²) in [6.07, 6.45) is 4.80. The van der Waals surface area contributed by atoms with Crippen LogP contribution in [0.25, 0.3) is 0 Å². The Morgan fingerprint density at radius 1 is 1.50 bits per heavy atom. The van der Waals surface area contributed by atoms with E-state index in [0.29, 0.717) is 0 Å². The molecule has 2 N–H and O–H groups in total. The van der Waals surface area contributed by atoms with Crippen molar-refractivity contribution in [2.45, 2.75) is 12.5 Å². The van der Waals surface area contributed by atoms with E-state index in [0.717, 1.165) is 13.0 Å². The highest BCUT2D eigenvalue weighted by Gasteiger charge is 2.03. The second kappa shape index (κ2) is 5.24. The second-order valence-electron chi connectivity index (χ2n) is 1.91. The van der Waals surface area contributed by atoms with Crippen LogP contribution in [0.5, 0.6) is 0 Å². The Kier molecular flexibility index (Phi) is 4.95. The van der Waals surface area contributed by atoms with Crippen molar-refractivity contribution in [1.82, 2.24) is 10.9 Å². The molecule has 0 spiro atoms. The van der Waals surface area contributed by atoms with E-state index in [9.17, 15) is 0 Å². The molecule has 3 nitrogen and oxygen atoms in total. The number of hydrazine groups is 1. The van der Waals surface area contributed by atoms with Crippen molar-refractivity contribution in [3.8, 4) is 6.07 Å². The first kappa shape index (κ1) is 9.44. The van der Waals surface area contributed by atoms with Crippen LogP contribution in [0, 0.1) is 11.3 Å². The van der Waals surface area contributed by atoms with Crippen LogP contribution in [-0.4, -0.2) is 12.6 Å². The van der Waals surface area contributed by atoms with Crippen molar-refractivity contribution in [3.63, 3.8) is 0 Å². The molecule has 1 atom stereocenters. The third kappa shape index (κ3) is 2.83. The highest BCUT2D eigenvalue weighted by Crippen LogP contribution is 1.92. The van der Waals surface area contributed by atoms with Crippen molar-refractivity contribution in [3.05, 3.63) is 12.2 Å². The first-order valence-corrected chi connectivity index (χ1v) is 2.96. The third-order valence-corrected chi connectivity index (χ3v) is 1.19. The Labute approximate surface area is 66.5 Å². The number of rotatable bonds is 0. The minimum atomic E-state index is -0.0660. The summed E-state index contributed by atoms with van der Waals surface area (Å²) in [5, 5.41) is 8.43. The lowest BCUT2D eigenvalue weighted by Gasteiger charge is -2.04. The Morgan fingerprint density at radius 3 is 3.00 bits per heavy atom. The number of halogens is 1. The Bertz CT molecular complexity index is 150. The molecule has 0 amide bonds. The normalized spacial score (nSPS) is 24.1. The fourth-order valence-electron chi connectivity index (χ4n) is 0.701. The van der Waals surface area contributed by atoms with Gasteiger partial charge in [-0.05, 0) is 6.42 Å². The molecular weight excluding hydrogens is 150 g/mol. The van der Waals surface area contributed by atoms with Crippen LogP contribution in [-0.2, 0) is 0 Å². The van der Waals surface area contributed by atoms with E-state index in [1.165, 1.54) is 0 Å². The summed E-state index contributed by atoms with van der Waals surface area (Å²) < 4.78 is 0. The van der Waals surface area contributed by atoms with Gasteiger partial charge in [-0.2, -0.15) is 5.26 Å². The van der Waals surface area contributed by atoms with Gasteiger partial charge in [-0.25, -0.2) is 5.43 Å². The molecule has 0 aliphatic carbocycles. The van der Waals surface area contributed by atoms with Crippen LogP contribution in [0.15, 0.2) is 12.2 Å². The zero-order valence-electron chi connectivity index (χ0n) is 5.50. The predicted octanol–water partition coefficient (Wildman–Crippen LogP) is 0.354. The molecule has 1 aliphatic rings. The molecule has 1 rings (SSSR count). The molecule has 0 fully saturated rings. The molecule has 1 unspecified atom stereocenters. The SMILES string of the molecule is Cl.N#CC1CC=CCNN1. The number of nitriles is 1. The first-order valence-electron chi connectivity index (χ1n) is 2.96. The van der Waals surface area contributed by atoms with Crippen LogP contribution in [0.1, 0.15) is 6.42 Å². The summed E-state index contributed by atoms with van der Waals surface area (Å²) in [5.74, 6) is 0. The lowest BCUT2D eigenvalue weighted by atomic mass is 10.2. The lowest BCUT2D eigenvalue weighted by Crippen LogP contribution is -2.38. The van der Waals surface area contributed by atoms with E-state index >= 15 is 0 Å². The Balaban J connectivity index is 0.000000810. The number of hydrogen-bond donors (Lipinski definition) is 2. The summed E-state index contributed by atoms with van der Waals surface area (Å²) in [4.78, 5) is 0. The molecule has 0 aromatic rings. The van der Waals surface area contributed by atoms with Gasteiger partial charge in [-0.15, -0.1) is 12.4 Å². The van der Waals surface area contributed by atoms with Gasteiger partial charge < -0.3 is 0 Å². The molecule has 0 bridgehead atoms. The average Bonchev–Trinajstić information content (AvgIpc) is 2.13. The molecule has 1 heterocycles. The van der Waals surface area contributed by atoms with E-state index in [4.69, 9.17) is 5.26 Å². The molecule has 0 radical (unpaired) electrons. The Morgan fingerprint density at radius 2 is 2.30 bits per heavy atom. The summed E-state index contributed by atoms with van der Waals surface area (Å²) in [5.41, 5.74) is 5.75. The summed E-state index contributed by atoms with van der Waals surface area (Å²) in [7, 11) is 0. The van der Waals surface area contributed by atoms with Crippen LogP contribution in [0.3, 0.4) is 0 Å². The maximum Gasteiger partial charge on any atom is 0.111 e. The fourth-order valence-corrected chi connectivity index (χ4v) is 0.701. The average molecular weight is 160 g/mol. The monoisotopic (exact) mass is 159 g/mol. The number of hydrogen-bond acceptors (Lipinski definition) is 3. The summed E-state index contributed by atoms with van der Waals surface area (Å²) in [6, 6.07) is 2.05. The predicted molar refractivity (Wildman–Crippen MR) is 41.5 cm³/mol. The quantitative estimate of drug-likeness (QED) is 0.502. The summed E-state index contributed by atoms with van der Waals surface area (Å²) in [6.45, 7) is 0.804. The fraction of sp³-hybridized carbons (Fsp3) is 0.500. The van der Waals surface area contributed by atoms with Crippen molar-refractivity contribution in [1.29, 1.82) is 5.26 Å². The van der Waals surface area contributed by atoms with Gasteiger partial charge in [-0.1, -0.05) is 12.2 Å². The molecular formula is C6H10ClN3. The smallest absolute Gasteiger partial charge is 0.111 e. The topological polar surface area (TPSA) is 47.9 Å². The van der Waals surface area contributed by atoms with E-state index in [1.807, 2.05) is 12.2 Å². The largest absolute Gasteiger partial charge is 0.253 e. The first-order chi connectivity index (χ1) is 4.43. The minimum Gasteiger partial charge on any atom is -0.253 e. The van der Waals surface area contributed by atoms with Crippen molar-refractivity contribution in [2.75, 3.05) is 6.54 Å². The standard InChI is InChI=1S/C6H9N3.ClH/c7-5-6-3-1-2-4-8-9-6;/h1-2,6,8-9H,3-4H2;1H. The maximum atomic E-state index is 8.43. The van der Waals surface area contributed by atoms with Gasteiger partial charge in [0.2, 0.25) is 0 Å². The van der Waals surface area contributed by atoms with Crippen molar-refractivity contribution in [2.24, 2.45) is 0 Å². The summed E-state index contributed by atoms with van der Waals surface area (Å²) >= 11 is 0. The highest BCUT2D eigenvalue weighted by molar-refractivity contribution is 5.85. The van der Waals surface area contributed by atoms with Gasteiger partial charge in [0.25, 0.3) is 0 Å². The van der Waals surface area contributed by atoms with Crippen molar-refractivity contribution < 1.29 is 0 Å². The molecule has 0 saturated heterocycles. The maximum absolute atomic E-state index is 8.43. The molecule has 4 heteroatoms. The third-order valence-electron chi connectivity index (χ3n) is 1.19. The van der Waals surface area contributed by atoms with Crippen LogP contribution in [0.4, 0.5) is 0 Å². The highest BCUT2D eigenvalue weighted by atomic mass is 35.5. The van der Waals surface area contributed by atoms with Gasteiger partial charge in [-0.3, -0.25) is 5.43 Å². The molecule has 1 aliphatic heterocycles. The second-order valence-corrected chi connectivity index (χ2v) is 1.91. The molecule has 0 aromatic heterocycles. The minimum absolute atomic E-state index is 0. The van der Waals surface area contributed by atoms with E-state index in [1.54, 1.807) is 0 Å². The van der Waals surface area contributed by atoms with Crippen molar-refractivity contribution >= 4 is 12.4 Å². The molecule has 10 heavy (non-hydrogen) atoms. The molecule has 0 aromatic carbocycles. The van der Waals surface area contributed by atoms with Gasteiger partial charge in [0, 0.05) is 6.54 Å². The zero-order valence-corrected chi connectivity index (χ0v) is 6.32. The number of nitrogens with zero attached hydrogens (tertiary/aromatic N) is 1. The van der Waals surface area contributed by atoms with Gasteiger partial charge in [0.1, 0.15) is 6.04 Å². The van der Waals surface area contributed by atoms with E-state index in [2.05, 4.69) is 16.9 Å². The van der Waals surface area contributed by atoms with E-state index < -0.39 is 0 Å². The van der Waals surface area contributed by atoms with Gasteiger partial charge in [0.15, 0.2) is 0 Å². The molecule has 56 valence electrons. The molecule has 0 saturated carbocycles. The van der Waals surface area contributed by atoms with Gasteiger partial charge >= 0.3 is 0 Å². The number of nitrogens with one attached hydrogen (secondary N) is 2.